The number of para-hydroxylation sites is 2. The average molecular weight is 357 g/mol. The quantitative estimate of drug-likeness (QED) is 0.778. The third-order valence-corrected chi connectivity index (χ3v) is 5.15. The van der Waals surface area contributed by atoms with Gasteiger partial charge in [-0.15, -0.1) is 0 Å². The number of sulfone groups is 1. The summed E-state index contributed by atoms with van der Waals surface area (Å²) in [7, 11) is -1.70. The Morgan fingerprint density at radius 2 is 1.92 bits per heavy atom. The summed E-state index contributed by atoms with van der Waals surface area (Å²) in [5, 5.41) is 0. The van der Waals surface area contributed by atoms with Crippen LogP contribution in [0.1, 0.15) is 21.7 Å². The lowest BCUT2D eigenvalue weighted by molar-refractivity contribution is 0.0781. The number of carbonyl (C=O) groups excluding carboxylic acids is 1. The molecule has 130 valence electrons. The van der Waals surface area contributed by atoms with Crippen LogP contribution in [0.5, 0.6) is 0 Å². The second-order valence-corrected chi connectivity index (χ2v) is 8.13. The van der Waals surface area contributed by atoms with Crippen molar-refractivity contribution >= 4 is 26.8 Å². The average Bonchev–Trinajstić information content (AvgIpc) is 2.95. The number of hydrogen-bond donors (Lipinski definition) is 1. The number of rotatable bonds is 4. The molecule has 0 saturated carbocycles. The topological polar surface area (TPSA) is 83.1 Å². The lowest BCUT2D eigenvalue weighted by Gasteiger charge is -2.17. The fraction of sp³-hybridized carbons (Fsp3) is 0.222. The fourth-order valence-corrected chi connectivity index (χ4v) is 3.29. The molecule has 0 atom stereocenters. The number of carbonyl (C=O) groups is 1. The highest BCUT2D eigenvalue weighted by atomic mass is 32.2. The first kappa shape index (κ1) is 17.2. The number of aromatic amines is 1. The van der Waals surface area contributed by atoms with Crippen molar-refractivity contribution in [1.82, 2.24) is 14.9 Å². The van der Waals surface area contributed by atoms with E-state index in [1.54, 1.807) is 20.0 Å². The minimum absolute atomic E-state index is 0.138. The summed E-state index contributed by atoms with van der Waals surface area (Å²) < 4.78 is 23.5. The predicted molar refractivity (Wildman–Crippen MR) is 96.2 cm³/mol. The van der Waals surface area contributed by atoms with E-state index in [0.29, 0.717) is 17.9 Å². The van der Waals surface area contributed by atoms with Crippen LogP contribution in [0.2, 0.25) is 0 Å². The maximum atomic E-state index is 12.8. The number of imidazole rings is 1. The van der Waals surface area contributed by atoms with Crippen LogP contribution in [0.25, 0.3) is 11.0 Å². The zero-order valence-electron chi connectivity index (χ0n) is 14.3. The van der Waals surface area contributed by atoms with Gasteiger partial charge in [-0.2, -0.15) is 0 Å². The van der Waals surface area contributed by atoms with Gasteiger partial charge in [0.15, 0.2) is 9.84 Å². The van der Waals surface area contributed by atoms with Crippen molar-refractivity contribution in [3.8, 4) is 0 Å². The van der Waals surface area contributed by atoms with Gasteiger partial charge in [0.1, 0.15) is 5.82 Å². The molecule has 6 nitrogen and oxygen atoms in total. The van der Waals surface area contributed by atoms with E-state index in [-0.39, 0.29) is 10.8 Å². The molecule has 0 aliphatic rings. The Labute approximate surface area is 146 Å². The Balaban J connectivity index is 1.87. The second-order valence-electron chi connectivity index (χ2n) is 6.11. The third kappa shape index (κ3) is 3.56. The smallest absolute Gasteiger partial charge is 0.254 e. The van der Waals surface area contributed by atoms with Crippen LogP contribution in [0.4, 0.5) is 0 Å². The summed E-state index contributed by atoms with van der Waals surface area (Å²) >= 11 is 0. The van der Waals surface area contributed by atoms with E-state index in [2.05, 4.69) is 9.97 Å². The summed E-state index contributed by atoms with van der Waals surface area (Å²) in [6, 6.07) is 12.2. The molecule has 2 aromatic carbocycles. The lowest BCUT2D eigenvalue weighted by Crippen LogP contribution is -2.27. The van der Waals surface area contributed by atoms with Crippen molar-refractivity contribution < 1.29 is 13.2 Å². The molecule has 1 amide bonds. The van der Waals surface area contributed by atoms with Gasteiger partial charge in [-0.3, -0.25) is 4.79 Å². The van der Waals surface area contributed by atoms with Gasteiger partial charge in [0.05, 0.1) is 22.5 Å². The molecule has 3 rings (SSSR count). The molecule has 1 heterocycles. The Hall–Kier alpha value is -2.67. The summed E-state index contributed by atoms with van der Waals surface area (Å²) in [6.07, 6.45) is 1.13. The molecule has 0 aliphatic heterocycles. The first-order chi connectivity index (χ1) is 11.8. The fourth-order valence-electron chi connectivity index (χ4n) is 2.64. The maximum Gasteiger partial charge on any atom is 0.254 e. The Kier molecular flexibility index (Phi) is 4.34. The standard InChI is InChI=1S/C18H19N3O3S/c1-12-8-9-13(25(3,23)24)10-14(12)18(22)21(2)11-17-19-15-6-4-5-7-16(15)20-17/h4-10H,11H2,1-3H3,(H,19,20). The minimum Gasteiger partial charge on any atom is -0.340 e. The number of H-pyrrole nitrogens is 1. The molecule has 25 heavy (non-hydrogen) atoms. The molecular weight excluding hydrogens is 338 g/mol. The molecule has 0 spiro atoms. The number of aryl methyl sites for hydroxylation is 1. The maximum absolute atomic E-state index is 12.8. The molecule has 3 aromatic rings. The van der Waals surface area contributed by atoms with Crippen LogP contribution < -0.4 is 0 Å². The highest BCUT2D eigenvalue weighted by Crippen LogP contribution is 2.18. The number of fused-ring (bicyclic) bond motifs is 1. The van der Waals surface area contributed by atoms with Crippen LogP contribution in [0.15, 0.2) is 47.4 Å². The Morgan fingerprint density at radius 3 is 2.60 bits per heavy atom. The number of nitrogens with zero attached hydrogens (tertiary/aromatic N) is 2. The minimum atomic E-state index is -3.37. The zero-order chi connectivity index (χ0) is 18.2. The van der Waals surface area contributed by atoms with Gasteiger partial charge < -0.3 is 9.88 Å². The van der Waals surface area contributed by atoms with Crippen molar-refractivity contribution in [3.63, 3.8) is 0 Å². The molecule has 0 aliphatic carbocycles. The number of hydrogen-bond acceptors (Lipinski definition) is 4. The second kappa shape index (κ2) is 6.33. The number of nitrogens with one attached hydrogen (secondary N) is 1. The summed E-state index contributed by atoms with van der Waals surface area (Å²) in [6.45, 7) is 2.09. The SMILES string of the molecule is Cc1ccc(S(C)(=O)=O)cc1C(=O)N(C)Cc1nc2ccccc2[nH]1. The van der Waals surface area contributed by atoms with Gasteiger partial charge in [-0.1, -0.05) is 18.2 Å². The molecule has 0 bridgehead atoms. The van der Waals surface area contributed by atoms with Crippen molar-refractivity contribution in [2.45, 2.75) is 18.4 Å². The van der Waals surface area contributed by atoms with Gasteiger partial charge in [-0.05, 0) is 36.8 Å². The van der Waals surface area contributed by atoms with E-state index in [9.17, 15) is 13.2 Å². The van der Waals surface area contributed by atoms with Gasteiger partial charge in [0.25, 0.3) is 5.91 Å². The Morgan fingerprint density at radius 1 is 1.20 bits per heavy atom. The Bertz CT molecular complexity index is 1020. The molecule has 0 saturated heterocycles. The number of benzene rings is 2. The van der Waals surface area contributed by atoms with Gasteiger partial charge >= 0.3 is 0 Å². The van der Waals surface area contributed by atoms with Gasteiger partial charge in [-0.25, -0.2) is 13.4 Å². The zero-order valence-corrected chi connectivity index (χ0v) is 15.1. The lowest BCUT2D eigenvalue weighted by atomic mass is 10.1. The molecule has 1 aromatic heterocycles. The van der Waals surface area contributed by atoms with Crippen molar-refractivity contribution in [2.24, 2.45) is 0 Å². The summed E-state index contributed by atoms with van der Waals surface area (Å²) in [5.41, 5.74) is 2.86. The van der Waals surface area contributed by atoms with Gasteiger partial charge in [0.2, 0.25) is 0 Å². The van der Waals surface area contributed by atoms with Crippen LogP contribution >= 0.6 is 0 Å². The van der Waals surface area contributed by atoms with E-state index < -0.39 is 9.84 Å². The van der Waals surface area contributed by atoms with E-state index in [4.69, 9.17) is 0 Å². The van der Waals surface area contributed by atoms with E-state index >= 15 is 0 Å². The van der Waals surface area contributed by atoms with Crippen LogP contribution in [0, 0.1) is 6.92 Å². The molecule has 0 radical (unpaired) electrons. The van der Waals surface area contributed by atoms with E-state index in [0.717, 1.165) is 22.9 Å². The van der Waals surface area contributed by atoms with Crippen molar-refractivity contribution in [3.05, 3.63) is 59.4 Å². The normalized spacial score (nSPS) is 11.6. The first-order valence-corrected chi connectivity index (χ1v) is 9.64. The van der Waals surface area contributed by atoms with Crippen LogP contribution in [-0.2, 0) is 16.4 Å². The number of amides is 1. The van der Waals surface area contributed by atoms with E-state index in [1.807, 2.05) is 24.3 Å². The van der Waals surface area contributed by atoms with Crippen molar-refractivity contribution in [1.29, 1.82) is 0 Å². The van der Waals surface area contributed by atoms with E-state index in [1.165, 1.54) is 17.0 Å². The predicted octanol–water partition coefficient (Wildman–Crippen LogP) is 2.55. The highest BCUT2D eigenvalue weighted by molar-refractivity contribution is 7.90. The molecule has 1 N–H and O–H groups in total. The molecular formula is C18H19N3O3S. The summed E-state index contributed by atoms with van der Waals surface area (Å²) in [5.74, 6) is 0.428. The van der Waals surface area contributed by atoms with Gasteiger partial charge in [0, 0.05) is 18.9 Å². The largest absolute Gasteiger partial charge is 0.340 e. The first-order valence-electron chi connectivity index (χ1n) is 7.75. The molecule has 7 heteroatoms. The summed E-state index contributed by atoms with van der Waals surface area (Å²) in [4.78, 5) is 22.1. The molecule has 0 fully saturated rings. The monoisotopic (exact) mass is 357 g/mol. The number of aromatic nitrogens is 2. The third-order valence-electron chi connectivity index (χ3n) is 4.04. The van der Waals surface area contributed by atoms with Crippen molar-refractivity contribution in [2.75, 3.05) is 13.3 Å². The molecule has 0 unspecified atom stereocenters. The highest BCUT2D eigenvalue weighted by Gasteiger charge is 2.18. The van der Waals surface area contributed by atoms with Crippen LogP contribution in [0.3, 0.4) is 0 Å². The van der Waals surface area contributed by atoms with Crippen LogP contribution in [-0.4, -0.2) is 42.5 Å².